The first kappa shape index (κ1) is 19.7. The minimum atomic E-state index is -0.455. The molecule has 3 aromatic rings. The van der Waals surface area contributed by atoms with Gasteiger partial charge in [-0.15, -0.1) is 10.2 Å². The molecular formula is C19H20N4O4S. The van der Waals surface area contributed by atoms with Crippen LogP contribution in [0.15, 0.2) is 58.3 Å². The van der Waals surface area contributed by atoms with Gasteiger partial charge in [-0.25, -0.2) is 0 Å². The zero-order valence-corrected chi connectivity index (χ0v) is 16.4. The first-order chi connectivity index (χ1) is 13.6. The first-order valence-electron chi connectivity index (χ1n) is 8.67. The standard InChI is InChI=1S/C19H20N4O4S/c1-3-26-17(25)12-23(14-8-5-4-6-9-14)16(24)13-28-19-21-20-18(22(19)2)15-10-7-11-27-15/h4-11H,3,12-13H2,1-2H3. The molecule has 0 fully saturated rings. The van der Waals surface area contributed by atoms with Crippen molar-refractivity contribution in [2.24, 2.45) is 7.05 Å². The van der Waals surface area contributed by atoms with E-state index in [1.807, 2.05) is 18.2 Å². The van der Waals surface area contributed by atoms with Crippen LogP contribution in [0.2, 0.25) is 0 Å². The molecule has 0 aliphatic carbocycles. The topological polar surface area (TPSA) is 90.5 Å². The van der Waals surface area contributed by atoms with Crippen LogP contribution in [-0.4, -0.2) is 45.5 Å². The summed E-state index contributed by atoms with van der Waals surface area (Å²) in [5.41, 5.74) is 0.635. The highest BCUT2D eigenvalue weighted by Crippen LogP contribution is 2.24. The van der Waals surface area contributed by atoms with Crippen molar-refractivity contribution in [3.05, 3.63) is 48.7 Å². The molecule has 0 spiro atoms. The second-order valence-electron chi connectivity index (χ2n) is 5.75. The van der Waals surface area contributed by atoms with Crippen LogP contribution >= 0.6 is 11.8 Å². The Balaban J connectivity index is 1.71. The molecule has 1 aromatic carbocycles. The van der Waals surface area contributed by atoms with Gasteiger partial charge >= 0.3 is 5.97 Å². The number of carbonyl (C=O) groups excluding carboxylic acids is 2. The largest absolute Gasteiger partial charge is 0.465 e. The van der Waals surface area contributed by atoms with E-state index in [1.165, 1.54) is 16.7 Å². The number of hydrogen-bond acceptors (Lipinski definition) is 7. The van der Waals surface area contributed by atoms with Gasteiger partial charge in [0.1, 0.15) is 6.54 Å². The van der Waals surface area contributed by atoms with Crippen molar-refractivity contribution >= 4 is 29.3 Å². The second-order valence-corrected chi connectivity index (χ2v) is 6.69. The lowest BCUT2D eigenvalue weighted by Gasteiger charge is -2.21. The van der Waals surface area contributed by atoms with Crippen LogP contribution in [0, 0.1) is 0 Å². The summed E-state index contributed by atoms with van der Waals surface area (Å²) in [6.07, 6.45) is 1.56. The van der Waals surface area contributed by atoms with Crippen LogP contribution in [-0.2, 0) is 21.4 Å². The highest BCUT2D eigenvalue weighted by Gasteiger charge is 2.21. The molecule has 2 heterocycles. The SMILES string of the molecule is CCOC(=O)CN(C(=O)CSc1nnc(-c2ccco2)n1C)c1ccccc1. The van der Waals surface area contributed by atoms with Gasteiger partial charge in [0.05, 0.1) is 18.6 Å². The fraction of sp³-hybridized carbons (Fsp3) is 0.263. The van der Waals surface area contributed by atoms with E-state index in [0.29, 0.717) is 22.4 Å². The van der Waals surface area contributed by atoms with Crippen LogP contribution < -0.4 is 4.90 Å². The van der Waals surface area contributed by atoms with Crippen molar-refractivity contribution in [2.45, 2.75) is 12.1 Å². The summed E-state index contributed by atoms with van der Waals surface area (Å²) >= 11 is 1.24. The summed E-state index contributed by atoms with van der Waals surface area (Å²) in [5, 5.41) is 8.80. The number of ether oxygens (including phenoxy) is 1. The molecule has 3 rings (SSSR count). The number of aromatic nitrogens is 3. The molecule has 146 valence electrons. The minimum absolute atomic E-state index is 0.0957. The van der Waals surface area contributed by atoms with Crippen molar-refractivity contribution in [1.82, 2.24) is 14.8 Å². The number of esters is 1. The maximum absolute atomic E-state index is 12.8. The lowest BCUT2D eigenvalue weighted by molar-refractivity contribution is -0.142. The van der Waals surface area contributed by atoms with E-state index >= 15 is 0 Å². The van der Waals surface area contributed by atoms with Gasteiger partial charge in [-0.05, 0) is 31.2 Å². The molecule has 1 amide bonds. The zero-order valence-electron chi connectivity index (χ0n) is 15.6. The molecule has 0 atom stereocenters. The van der Waals surface area contributed by atoms with Crippen LogP contribution in [0.25, 0.3) is 11.6 Å². The Bertz CT molecular complexity index is 925. The molecule has 2 aromatic heterocycles. The molecule has 0 aliphatic rings. The van der Waals surface area contributed by atoms with E-state index < -0.39 is 5.97 Å². The first-order valence-corrected chi connectivity index (χ1v) is 9.65. The fourth-order valence-electron chi connectivity index (χ4n) is 2.53. The zero-order chi connectivity index (χ0) is 19.9. The number of nitrogens with zero attached hydrogens (tertiary/aromatic N) is 4. The maximum Gasteiger partial charge on any atom is 0.326 e. The highest BCUT2D eigenvalue weighted by atomic mass is 32.2. The van der Waals surface area contributed by atoms with Crippen molar-refractivity contribution in [3.63, 3.8) is 0 Å². The van der Waals surface area contributed by atoms with Crippen molar-refractivity contribution in [3.8, 4) is 11.6 Å². The lowest BCUT2D eigenvalue weighted by atomic mass is 10.3. The van der Waals surface area contributed by atoms with E-state index in [-0.39, 0.29) is 24.8 Å². The Hall–Kier alpha value is -3.07. The van der Waals surface area contributed by atoms with Gasteiger partial charge < -0.3 is 18.6 Å². The van der Waals surface area contributed by atoms with Crippen molar-refractivity contribution < 1.29 is 18.7 Å². The Morgan fingerprint density at radius 1 is 1.18 bits per heavy atom. The second kappa shape index (κ2) is 9.23. The minimum Gasteiger partial charge on any atom is -0.465 e. The number of hydrogen-bond donors (Lipinski definition) is 0. The summed E-state index contributed by atoms with van der Waals surface area (Å²) in [6.45, 7) is 1.85. The normalized spacial score (nSPS) is 10.6. The van der Waals surface area contributed by atoms with Gasteiger partial charge in [-0.3, -0.25) is 9.59 Å². The summed E-state index contributed by atoms with van der Waals surface area (Å²) in [4.78, 5) is 26.2. The molecular weight excluding hydrogens is 380 g/mol. The number of para-hydroxylation sites is 1. The smallest absolute Gasteiger partial charge is 0.326 e. The number of carbonyl (C=O) groups is 2. The predicted molar refractivity (Wildman–Crippen MR) is 105 cm³/mol. The van der Waals surface area contributed by atoms with Gasteiger partial charge in [0.2, 0.25) is 5.91 Å². The Labute approximate surface area is 166 Å². The maximum atomic E-state index is 12.8. The molecule has 0 bridgehead atoms. The average molecular weight is 400 g/mol. The van der Waals surface area contributed by atoms with Gasteiger partial charge in [0, 0.05) is 12.7 Å². The molecule has 9 heteroatoms. The van der Waals surface area contributed by atoms with Crippen molar-refractivity contribution in [1.29, 1.82) is 0 Å². The molecule has 0 saturated carbocycles. The predicted octanol–water partition coefficient (Wildman–Crippen LogP) is 2.76. The molecule has 0 aliphatic heterocycles. The van der Waals surface area contributed by atoms with Gasteiger partial charge in [0.25, 0.3) is 0 Å². The number of rotatable bonds is 8. The summed E-state index contributed by atoms with van der Waals surface area (Å²) in [7, 11) is 1.80. The number of amides is 1. The monoisotopic (exact) mass is 400 g/mol. The molecule has 8 nitrogen and oxygen atoms in total. The number of benzene rings is 1. The van der Waals surface area contributed by atoms with E-state index in [1.54, 1.807) is 49.1 Å². The Morgan fingerprint density at radius 3 is 2.64 bits per heavy atom. The quantitative estimate of drug-likeness (QED) is 0.424. The molecule has 0 N–H and O–H groups in total. The molecule has 28 heavy (non-hydrogen) atoms. The summed E-state index contributed by atoms with van der Waals surface area (Å²) < 4.78 is 12.1. The van der Waals surface area contributed by atoms with Crippen LogP contribution in [0.4, 0.5) is 5.69 Å². The lowest BCUT2D eigenvalue weighted by Crippen LogP contribution is -2.37. The van der Waals surface area contributed by atoms with E-state index in [4.69, 9.17) is 9.15 Å². The van der Waals surface area contributed by atoms with Crippen LogP contribution in [0.1, 0.15) is 6.92 Å². The Morgan fingerprint density at radius 2 is 1.96 bits per heavy atom. The van der Waals surface area contributed by atoms with E-state index in [0.717, 1.165) is 0 Å². The molecule has 0 saturated heterocycles. The molecule has 0 radical (unpaired) electrons. The van der Waals surface area contributed by atoms with Gasteiger partial charge in [-0.2, -0.15) is 0 Å². The van der Waals surface area contributed by atoms with E-state index in [9.17, 15) is 9.59 Å². The summed E-state index contributed by atoms with van der Waals surface area (Å²) in [6, 6.07) is 12.6. The average Bonchev–Trinajstić information content (AvgIpc) is 3.35. The van der Waals surface area contributed by atoms with Gasteiger partial charge in [-0.1, -0.05) is 30.0 Å². The fourth-order valence-corrected chi connectivity index (χ4v) is 3.32. The van der Waals surface area contributed by atoms with E-state index in [2.05, 4.69) is 10.2 Å². The van der Waals surface area contributed by atoms with Crippen molar-refractivity contribution in [2.75, 3.05) is 23.8 Å². The number of furan rings is 1. The van der Waals surface area contributed by atoms with Crippen LogP contribution in [0.3, 0.4) is 0 Å². The third-order valence-corrected chi connectivity index (χ3v) is 4.87. The Kier molecular flexibility index (Phi) is 6.49. The third-order valence-electron chi connectivity index (χ3n) is 3.86. The summed E-state index contributed by atoms with van der Waals surface area (Å²) in [5.74, 6) is 0.585. The molecule has 0 unspecified atom stereocenters. The highest BCUT2D eigenvalue weighted by molar-refractivity contribution is 7.99. The van der Waals surface area contributed by atoms with Crippen LogP contribution in [0.5, 0.6) is 0 Å². The van der Waals surface area contributed by atoms with Gasteiger partial charge in [0.15, 0.2) is 16.7 Å². The number of anilines is 1. The third kappa shape index (κ3) is 4.61. The number of thioether (sulfide) groups is 1.